The van der Waals surface area contributed by atoms with E-state index in [0.717, 1.165) is 11.3 Å². The van der Waals surface area contributed by atoms with E-state index in [2.05, 4.69) is 66.7 Å². The van der Waals surface area contributed by atoms with Crippen LogP contribution in [0.1, 0.15) is 13.8 Å². The van der Waals surface area contributed by atoms with E-state index >= 15 is 0 Å². The molecule has 0 fully saturated rings. The molecule has 6 rings (SSSR count). The molecule has 4 aromatic rings. The molecule has 2 aromatic heterocycles. The van der Waals surface area contributed by atoms with Crippen LogP contribution >= 0.6 is 0 Å². The van der Waals surface area contributed by atoms with Gasteiger partial charge in [-0.25, -0.2) is 0 Å². The third kappa shape index (κ3) is 3.52. The van der Waals surface area contributed by atoms with Crippen molar-refractivity contribution in [3.63, 3.8) is 0 Å². The first-order valence-corrected chi connectivity index (χ1v) is 12.5. The van der Waals surface area contributed by atoms with Crippen LogP contribution in [0.15, 0.2) is 91.0 Å². The average Bonchev–Trinajstić information content (AvgIpc) is 3.26. The minimum atomic E-state index is -2.36. The summed E-state index contributed by atoms with van der Waals surface area (Å²) in [6.07, 6.45) is 4.92. The zero-order valence-corrected chi connectivity index (χ0v) is 21.4. The molecule has 0 aliphatic carbocycles. The summed E-state index contributed by atoms with van der Waals surface area (Å²) in [7, 11) is -2.36. The molecule has 4 heterocycles. The van der Waals surface area contributed by atoms with Crippen molar-refractivity contribution in [2.45, 2.75) is 13.8 Å². The molecule has 1 N–H and O–H groups in total. The number of allylic oxidation sites excluding steroid dienone is 2. The monoisotopic (exact) mass is 628 g/mol. The molecule has 1 spiro atoms. The largest absolute Gasteiger partial charge is 0.512 e. The first-order chi connectivity index (χ1) is 15.5. The number of fused-ring (bicyclic) bond motifs is 10. The van der Waals surface area contributed by atoms with Crippen LogP contribution in [-0.2, 0) is 25.9 Å². The number of nitrogens with zero attached hydrogens (tertiary/aromatic N) is 2. The van der Waals surface area contributed by atoms with Crippen molar-refractivity contribution in [1.29, 1.82) is 0 Å². The Labute approximate surface area is 208 Å². The van der Waals surface area contributed by atoms with Gasteiger partial charge in [0.1, 0.15) is 8.07 Å². The van der Waals surface area contributed by atoms with E-state index in [1.807, 2.05) is 18.5 Å². The van der Waals surface area contributed by atoms with Gasteiger partial charge in [0, 0.05) is 33.3 Å². The second-order valence-corrected chi connectivity index (χ2v) is 11.5. The number of pyridine rings is 2. The van der Waals surface area contributed by atoms with Gasteiger partial charge in [0.15, 0.2) is 5.78 Å². The Morgan fingerprint density at radius 2 is 1.48 bits per heavy atom. The van der Waals surface area contributed by atoms with E-state index in [4.69, 9.17) is 15.1 Å². The minimum Gasteiger partial charge on any atom is -0.512 e. The van der Waals surface area contributed by atoms with E-state index in [9.17, 15) is 4.79 Å². The third-order valence-electron chi connectivity index (χ3n) is 5.91. The Bertz CT molecular complexity index is 1210. The van der Waals surface area contributed by atoms with Gasteiger partial charge in [-0.15, -0.1) is 17.7 Å². The smallest absolute Gasteiger partial charge is 0.155 e. The van der Waals surface area contributed by atoms with Crippen LogP contribution in [0.4, 0.5) is 0 Å². The summed E-state index contributed by atoms with van der Waals surface area (Å²) in [4.78, 5) is 19.6. The van der Waals surface area contributed by atoms with Crippen LogP contribution in [-0.4, -0.2) is 28.9 Å². The van der Waals surface area contributed by atoms with E-state index in [0.29, 0.717) is 0 Å². The Kier molecular flexibility index (Phi) is 6.29. The molecule has 166 valence electrons. The zero-order valence-electron chi connectivity index (χ0n) is 18.1. The van der Waals surface area contributed by atoms with E-state index in [1.165, 1.54) is 51.9 Å². The van der Waals surface area contributed by atoms with Crippen LogP contribution in [0.2, 0.25) is 0 Å². The summed E-state index contributed by atoms with van der Waals surface area (Å²) in [5.74, 6) is -0.0625. The van der Waals surface area contributed by atoms with Gasteiger partial charge in [0.05, 0.1) is 5.76 Å². The first-order valence-electron chi connectivity index (χ1n) is 10.5. The molecule has 0 amide bonds. The first kappa shape index (κ1) is 23.0. The number of hydrogen-bond donors (Lipinski definition) is 1. The molecule has 2 aliphatic heterocycles. The fourth-order valence-electron chi connectivity index (χ4n) is 4.94. The number of aromatic nitrogens is 2. The Morgan fingerprint density at radius 3 is 2.06 bits per heavy atom. The summed E-state index contributed by atoms with van der Waals surface area (Å²) >= 11 is 0. The van der Waals surface area contributed by atoms with Crippen molar-refractivity contribution in [2.24, 2.45) is 0 Å². The molecule has 2 aromatic carbocycles. The fraction of sp³-hybridized carbons (Fsp3) is 0.0741. The van der Waals surface area contributed by atoms with Crippen molar-refractivity contribution in [1.82, 2.24) is 9.97 Å². The SMILES string of the molecule is CC(=O)/C=C(/C)O.[Pt].[c-]1ccnc2c1-c1ncccc1[Si]21c2ccccc2-c2ccccc21. The number of rotatable bonds is 1. The topological polar surface area (TPSA) is 63.1 Å². The number of aliphatic hydroxyl groups is 1. The maximum absolute atomic E-state index is 10.0. The fourth-order valence-corrected chi connectivity index (χ4v) is 10.2. The summed E-state index contributed by atoms with van der Waals surface area (Å²) in [6, 6.07) is 27.3. The predicted molar refractivity (Wildman–Crippen MR) is 130 cm³/mol. The second-order valence-electron chi connectivity index (χ2n) is 7.95. The molecule has 0 saturated heterocycles. The maximum atomic E-state index is 10.0. The van der Waals surface area contributed by atoms with Gasteiger partial charge in [-0.2, -0.15) is 0 Å². The molecule has 4 nitrogen and oxygen atoms in total. The Morgan fingerprint density at radius 1 is 0.879 bits per heavy atom. The van der Waals surface area contributed by atoms with Gasteiger partial charge in [0.25, 0.3) is 0 Å². The van der Waals surface area contributed by atoms with E-state index in [1.54, 1.807) is 0 Å². The standard InChI is InChI=1S/C22H13N2Si.C5H8O2.Pt/c1-3-10-18-15(7-1)16-8-2-4-11-19(16)25(18)20-12-6-13-23-21(20)17-9-5-14-24-22(17)25;1-4(6)3-5(2)7;/h1-8,10-14H;3,6H,1-2H3;/q-1;;/b;4-3-;. The minimum absolute atomic E-state index is 0. The van der Waals surface area contributed by atoms with E-state index < -0.39 is 8.07 Å². The molecule has 0 saturated carbocycles. The number of carbonyl (C=O) groups is 1. The average molecular weight is 629 g/mol. The molecule has 2 aliphatic rings. The molecule has 0 atom stereocenters. The Hall–Kier alpha value is -3.14. The molecule has 0 radical (unpaired) electrons. The van der Waals surface area contributed by atoms with Gasteiger partial charge >= 0.3 is 0 Å². The Balaban J connectivity index is 0.000000287. The number of carbonyl (C=O) groups excluding carboxylic acids is 1. The van der Waals surface area contributed by atoms with Crippen molar-refractivity contribution in [3.8, 4) is 22.4 Å². The third-order valence-corrected chi connectivity index (χ3v) is 10.7. The van der Waals surface area contributed by atoms with Crippen LogP contribution in [0, 0.1) is 6.07 Å². The molecule has 33 heavy (non-hydrogen) atoms. The van der Waals surface area contributed by atoms with Gasteiger partial charge in [-0.1, -0.05) is 66.0 Å². The van der Waals surface area contributed by atoms with Gasteiger partial charge in [0.2, 0.25) is 0 Å². The number of ketones is 1. The zero-order chi connectivity index (χ0) is 22.3. The second kappa shape index (κ2) is 9.01. The van der Waals surface area contributed by atoms with Gasteiger partial charge in [-0.05, 0) is 52.4 Å². The van der Waals surface area contributed by atoms with Crippen molar-refractivity contribution >= 4 is 34.7 Å². The van der Waals surface area contributed by atoms with Gasteiger partial charge in [-0.3, -0.25) is 4.79 Å². The summed E-state index contributed by atoms with van der Waals surface area (Å²) in [5, 5.41) is 13.7. The maximum Gasteiger partial charge on any atom is 0.155 e. The molecule has 6 heteroatoms. The van der Waals surface area contributed by atoms with Crippen LogP contribution in [0.3, 0.4) is 0 Å². The quantitative estimate of drug-likeness (QED) is 0.132. The predicted octanol–water partition coefficient (Wildman–Crippen LogP) is 2.65. The van der Waals surface area contributed by atoms with Crippen molar-refractivity contribution in [2.75, 3.05) is 0 Å². The molecule has 0 bridgehead atoms. The number of aliphatic hydroxyl groups excluding tert-OH is 1. The van der Waals surface area contributed by atoms with Crippen LogP contribution in [0.5, 0.6) is 0 Å². The van der Waals surface area contributed by atoms with Crippen molar-refractivity contribution < 1.29 is 31.0 Å². The molecular weight excluding hydrogens is 607 g/mol. The number of hydrogen-bond acceptors (Lipinski definition) is 4. The van der Waals surface area contributed by atoms with Crippen LogP contribution < -0.4 is 20.9 Å². The van der Waals surface area contributed by atoms with Crippen molar-refractivity contribution in [3.05, 3.63) is 97.0 Å². The van der Waals surface area contributed by atoms with Crippen LogP contribution in [0.25, 0.3) is 22.4 Å². The van der Waals surface area contributed by atoms with Gasteiger partial charge < -0.3 is 15.1 Å². The molecule has 0 unspecified atom stereocenters. The molecular formula is C27H21N2O2PtSi-. The summed E-state index contributed by atoms with van der Waals surface area (Å²) in [6.45, 7) is 2.85. The number of benzene rings is 2. The van der Waals surface area contributed by atoms with E-state index in [-0.39, 0.29) is 32.6 Å². The summed E-state index contributed by atoms with van der Waals surface area (Å²) < 4.78 is 0. The normalized spacial score (nSPS) is 13.6. The summed E-state index contributed by atoms with van der Waals surface area (Å²) in [5.41, 5.74) is 4.83.